The molecular formula is C36H44O13Si2. The minimum Gasteiger partial charge on any atom is -0.493 e. The summed E-state index contributed by atoms with van der Waals surface area (Å²) in [7, 11) is 13.8. The van der Waals surface area contributed by atoms with Gasteiger partial charge in [-0.15, -0.1) is 0 Å². The number of hydrogen-bond donors (Lipinski definition) is 0. The summed E-state index contributed by atoms with van der Waals surface area (Å²) in [6.45, 7) is 0. The summed E-state index contributed by atoms with van der Waals surface area (Å²) < 4.78 is 77.5. The molecule has 51 heavy (non-hydrogen) atoms. The highest BCUT2D eigenvalue weighted by atomic mass is 28.4. The molecule has 0 atom stereocenters. The minimum absolute atomic E-state index is 0.393. The van der Waals surface area contributed by atoms with Crippen LogP contribution in [0.2, 0.25) is 0 Å². The molecule has 4 rings (SSSR count). The van der Waals surface area contributed by atoms with E-state index in [1.54, 1.807) is 110 Å². The van der Waals surface area contributed by atoms with Crippen molar-refractivity contribution in [2.45, 2.75) is 0 Å². The van der Waals surface area contributed by atoms with Crippen molar-refractivity contribution >= 4 is 38.8 Å². The molecule has 0 spiro atoms. The second kappa shape index (κ2) is 17.7. The van der Waals surface area contributed by atoms with E-state index in [2.05, 4.69) is 0 Å². The molecule has 0 fully saturated rings. The molecule has 0 aromatic heterocycles. The first-order valence-corrected chi connectivity index (χ1v) is 18.2. The van der Waals surface area contributed by atoms with Gasteiger partial charge in [-0.05, 0) is 24.3 Å². The lowest BCUT2D eigenvalue weighted by molar-refractivity contribution is 0.324. The molecule has 0 aliphatic carbocycles. The maximum atomic E-state index is 7.56. The van der Waals surface area contributed by atoms with Crippen molar-refractivity contribution in [1.82, 2.24) is 0 Å². The Bertz CT molecular complexity index is 1540. The molecule has 0 aliphatic rings. The van der Waals surface area contributed by atoms with Crippen LogP contribution in [0, 0.1) is 0 Å². The monoisotopic (exact) mass is 740 g/mol. The first kappa shape index (κ1) is 38.7. The fourth-order valence-electron chi connectivity index (χ4n) is 5.73. The third kappa shape index (κ3) is 7.22. The molecule has 4 aromatic rings. The zero-order chi connectivity index (χ0) is 37.2. The van der Waals surface area contributed by atoms with E-state index in [9.17, 15) is 0 Å². The van der Waals surface area contributed by atoms with Gasteiger partial charge in [-0.3, -0.25) is 0 Å². The highest BCUT2D eigenvalue weighted by Crippen LogP contribution is 2.41. The van der Waals surface area contributed by atoms with Gasteiger partial charge in [-0.25, -0.2) is 0 Å². The van der Waals surface area contributed by atoms with E-state index in [-0.39, 0.29) is 0 Å². The Kier molecular flexibility index (Phi) is 13.4. The normalized spacial score (nSPS) is 10.8. The Hall–Kier alpha value is -5.13. The summed E-state index contributed by atoms with van der Waals surface area (Å²) in [5, 5.41) is 2.75. The minimum atomic E-state index is -2.44. The maximum Gasteiger partial charge on any atom is 0.280 e. The van der Waals surface area contributed by atoms with Crippen LogP contribution < -0.4 is 77.6 Å². The van der Waals surface area contributed by atoms with Gasteiger partial charge in [0.25, 0.3) is 18.1 Å². The van der Waals surface area contributed by atoms with Gasteiger partial charge >= 0.3 is 0 Å². The third-order valence-electron chi connectivity index (χ3n) is 8.00. The molecule has 0 saturated carbocycles. The van der Waals surface area contributed by atoms with E-state index in [1.807, 2.05) is 24.3 Å². The smallest absolute Gasteiger partial charge is 0.280 e. The first-order valence-electron chi connectivity index (χ1n) is 15.4. The van der Waals surface area contributed by atoms with Gasteiger partial charge in [0.2, 0.25) is 23.0 Å². The quantitative estimate of drug-likeness (QED) is 0.139. The topological polar surface area (TPSA) is 120 Å². The highest BCUT2D eigenvalue weighted by molar-refractivity contribution is 6.93. The summed E-state index contributed by atoms with van der Waals surface area (Å²) in [6, 6.07) is 14.8. The SMILES string of the molecule is COc1ccc([Si](O[Si](c2ccc(OC)c(OC)c2OC)c2ccc(OC)c(OC)c2OC)c2ccc(OC)c(OC)c2OC)c(OC)c1OC. The second-order valence-corrected chi connectivity index (χ2v) is 14.6. The van der Waals surface area contributed by atoms with Gasteiger partial charge in [0, 0.05) is 20.7 Å². The largest absolute Gasteiger partial charge is 0.493 e. The van der Waals surface area contributed by atoms with Crippen LogP contribution in [-0.4, -0.2) is 103 Å². The van der Waals surface area contributed by atoms with Gasteiger partial charge in [0.15, 0.2) is 46.0 Å². The average molecular weight is 741 g/mol. The Balaban J connectivity index is 2.19. The van der Waals surface area contributed by atoms with E-state index in [0.717, 1.165) is 0 Å². The number of rotatable bonds is 18. The second-order valence-electron chi connectivity index (χ2n) is 10.3. The zero-order valence-corrected chi connectivity index (χ0v) is 32.9. The molecule has 0 aliphatic heterocycles. The van der Waals surface area contributed by atoms with Crippen LogP contribution in [0.5, 0.6) is 69.0 Å². The molecule has 13 nitrogen and oxygen atoms in total. The maximum absolute atomic E-state index is 7.56. The molecule has 0 N–H and O–H groups in total. The van der Waals surface area contributed by atoms with Gasteiger partial charge in [-0.2, -0.15) is 0 Å². The van der Waals surface area contributed by atoms with Gasteiger partial charge in [0.05, 0.1) is 85.3 Å². The van der Waals surface area contributed by atoms with E-state index in [0.29, 0.717) is 89.7 Å². The molecule has 0 bridgehead atoms. The van der Waals surface area contributed by atoms with Crippen LogP contribution >= 0.6 is 0 Å². The first-order chi connectivity index (χ1) is 24.8. The van der Waals surface area contributed by atoms with Crippen LogP contribution in [0.1, 0.15) is 0 Å². The Morgan fingerprint density at radius 3 is 0.608 bits per heavy atom. The van der Waals surface area contributed by atoms with Gasteiger partial charge < -0.3 is 61.0 Å². The van der Waals surface area contributed by atoms with Crippen molar-refractivity contribution in [3.05, 3.63) is 48.5 Å². The average Bonchev–Trinajstić information content (AvgIpc) is 3.18. The standard InChI is InChI=1S/C36H44O13Si2/c1-37-21-13-17-25(33(45-9)29(21)41-5)50(26-18-14-22(38-2)30(42-6)34(26)46-10)49-51(27-19-15-23(39-3)31(43-7)35(27)47-11)28-20-16-24(40-4)32(44-8)36(28)48-12/h13-20H,1-12H3. The molecule has 0 amide bonds. The summed E-state index contributed by atoms with van der Waals surface area (Å²) in [4.78, 5) is 0. The van der Waals surface area contributed by atoms with Crippen molar-refractivity contribution in [3.63, 3.8) is 0 Å². The van der Waals surface area contributed by atoms with Crippen LogP contribution in [0.3, 0.4) is 0 Å². The lowest BCUT2D eigenvalue weighted by atomic mass is 10.3. The Morgan fingerprint density at radius 1 is 0.255 bits per heavy atom. The van der Waals surface area contributed by atoms with Crippen molar-refractivity contribution in [1.29, 1.82) is 0 Å². The van der Waals surface area contributed by atoms with Crippen molar-refractivity contribution in [3.8, 4) is 69.0 Å². The van der Waals surface area contributed by atoms with E-state index in [4.69, 9.17) is 61.0 Å². The Morgan fingerprint density at radius 2 is 0.451 bits per heavy atom. The van der Waals surface area contributed by atoms with Crippen molar-refractivity contribution in [2.75, 3.05) is 85.3 Å². The van der Waals surface area contributed by atoms with Crippen LogP contribution in [0.25, 0.3) is 0 Å². The molecule has 0 saturated heterocycles. The number of methoxy groups -OCH3 is 12. The molecule has 0 heterocycles. The molecule has 4 aromatic carbocycles. The molecule has 274 valence electrons. The van der Waals surface area contributed by atoms with Crippen LogP contribution in [0.4, 0.5) is 0 Å². The fraction of sp³-hybridized carbons (Fsp3) is 0.333. The van der Waals surface area contributed by atoms with Gasteiger partial charge in [-0.1, -0.05) is 24.3 Å². The Labute approximate surface area is 302 Å². The fourth-order valence-corrected chi connectivity index (χ4v) is 11.5. The van der Waals surface area contributed by atoms with E-state index >= 15 is 0 Å². The van der Waals surface area contributed by atoms with E-state index < -0.39 is 18.1 Å². The molecule has 0 unspecified atom stereocenters. The summed E-state index contributed by atoms with van der Waals surface area (Å²) >= 11 is 0. The molecule has 15 heteroatoms. The van der Waals surface area contributed by atoms with Crippen LogP contribution in [-0.2, 0) is 4.12 Å². The lowest BCUT2D eigenvalue weighted by Crippen LogP contribution is -2.57. The zero-order valence-electron chi connectivity index (χ0n) is 30.9. The number of ether oxygens (including phenoxy) is 12. The summed E-state index contributed by atoms with van der Waals surface area (Å²) in [6.07, 6.45) is 0. The van der Waals surface area contributed by atoms with Crippen molar-refractivity contribution in [2.24, 2.45) is 0 Å². The lowest BCUT2D eigenvalue weighted by Gasteiger charge is -2.29. The predicted octanol–water partition coefficient (Wildman–Crippen LogP) is 2.72. The number of benzene rings is 4. The van der Waals surface area contributed by atoms with Crippen molar-refractivity contribution < 1.29 is 61.0 Å². The third-order valence-corrected chi connectivity index (χ3v) is 13.2. The molecule has 2 radical (unpaired) electrons. The highest BCUT2D eigenvalue weighted by Gasteiger charge is 2.39. The summed E-state index contributed by atoms with van der Waals surface area (Å²) in [5.41, 5.74) is 0. The molecular weight excluding hydrogens is 697 g/mol. The van der Waals surface area contributed by atoms with Crippen LogP contribution in [0.15, 0.2) is 48.5 Å². The number of hydrogen-bond acceptors (Lipinski definition) is 13. The predicted molar refractivity (Wildman–Crippen MR) is 196 cm³/mol. The summed E-state index contributed by atoms with van der Waals surface area (Å²) in [5.74, 6) is 5.16. The van der Waals surface area contributed by atoms with E-state index in [1.165, 1.54) is 0 Å². The van der Waals surface area contributed by atoms with Gasteiger partial charge in [0.1, 0.15) is 0 Å².